The average molecular weight is 236 g/mol. The summed E-state index contributed by atoms with van der Waals surface area (Å²) in [5, 5.41) is 0. The van der Waals surface area contributed by atoms with E-state index in [9.17, 15) is 9.18 Å². The van der Waals surface area contributed by atoms with E-state index in [1.807, 2.05) is 0 Å². The molecule has 0 N–H and O–H groups in total. The molecule has 3 heteroatoms. The SMILES string of the molecule is CCCC1(CCC)OC(=O)c2cc(F)ccc21. The van der Waals surface area contributed by atoms with Gasteiger partial charge in [0.1, 0.15) is 11.4 Å². The van der Waals surface area contributed by atoms with E-state index < -0.39 is 5.60 Å². The van der Waals surface area contributed by atoms with Crippen LogP contribution in [0.3, 0.4) is 0 Å². The van der Waals surface area contributed by atoms with Gasteiger partial charge in [-0.05, 0) is 25.0 Å². The summed E-state index contributed by atoms with van der Waals surface area (Å²) in [6.45, 7) is 4.12. The van der Waals surface area contributed by atoms with Gasteiger partial charge in [0.25, 0.3) is 0 Å². The number of hydrogen-bond acceptors (Lipinski definition) is 2. The van der Waals surface area contributed by atoms with Crippen molar-refractivity contribution in [2.75, 3.05) is 0 Å². The van der Waals surface area contributed by atoms with Gasteiger partial charge in [-0.15, -0.1) is 0 Å². The Morgan fingerprint density at radius 1 is 1.24 bits per heavy atom. The van der Waals surface area contributed by atoms with E-state index in [0.717, 1.165) is 31.2 Å². The average Bonchev–Trinajstić information content (AvgIpc) is 2.53. The van der Waals surface area contributed by atoms with Gasteiger partial charge in [0, 0.05) is 5.56 Å². The molecule has 0 saturated heterocycles. The van der Waals surface area contributed by atoms with Crippen molar-refractivity contribution >= 4 is 5.97 Å². The van der Waals surface area contributed by atoms with Crippen LogP contribution >= 0.6 is 0 Å². The van der Waals surface area contributed by atoms with Gasteiger partial charge in [-0.1, -0.05) is 32.8 Å². The Labute approximate surface area is 101 Å². The number of halogens is 1. The minimum atomic E-state index is -0.524. The first-order valence-electron chi connectivity index (χ1n) is 6.16. The number of carbonyl (C=O) groups excluding carboxylic acids is 1. The zero-order chi connectivity index (χ0) is 12.5. The van der Waals surface area contributed by atoms with E-state index in [1.165, 1.54) is 12.1 Å². The molecule has 0 aliphatic carbocycles. The normalized spacial score (nSPS) is 16.8. The molecule has 1 aromatic carbocycles. The topological polar surface area (TPSA) is 26.3 Å². The van der Waals surface area contributed by atoms with Gasteiger partial charge in [-0.2, -0.15) is 0 Å². The fourth-order valence-electron chi connectivity index (χ4n) is 2.67. The molecule has 0 saturated carbocycles. The second-order valence-corrected chi connectivity index (χ2v) is 4.57. The van der Waals surface area contributed by atoms with Crippen molar-refractivity contribution < 1.29 is 13.9 Å². The Bertz CT molecular complexity index is 434. The molecule has 0 spiro atoms. The first-order valence-corrected chi connectivity index (χ1v) is 6.16. The molecule has 1 aliphatic heterocycles. The molecule has 0 atom stereocenters. The quantitative estimate of drug-likeness (QED) is 0.743. The number of cyclic esters (lactones) is 1. The lowest BCUT2D eigenvalue weighted by molar-refractivity contribution is -0.0183. The van der Waals surface area contributed by atoms with Crippen molar-refractivity contribution in [1.82, 2.24) is 0 Å². The molecule has 2 rings (SSSR count). The molecule has 0 amide bonds. The zero-order valence-corrected chi connectivity index (χ0v) is 10.3. The third-order valence-electron chi connectivity index (χ3n) is 3.29. The molecule has 2 nitrogen and oxygen atoms in total. The number of ether oxygens (including phenoxy) is 1. The van der Waals surface area contributed by atoms with Gasteiger partial charge in [-0.25, -0.2) is 9.18 Å². The van der Waals surface area contributed by atoms with Gasteiger partial charge < -0.3 is 4.74 Å². The van der Waals surface area contributed by atoms with Crippen LogP contribution < -0.4 is 0 Å². The Hall–Kier alpha value is -1.38. The van der Waals surface area contributed by atoms with Crippen molar-refractivity contribution in [2.24, 2.45) is 0 Å². The van der Waals surface area contributed by atoms with Gasteiger partial charge in [-0.3, -0.25) is 0 Å². The minimum absolute atomic E-state index is 0.385. The molecule has 1 heterocycles. The van der Waals surface area contributed by atoms with E-state index in [4.69, 9.17) is 4.74 Å². The highest BCUT2D eigenvalue weighted by Crippen LogP contribution is 2.43. The Balaban J connectivity index is 2.49. The summed E-state index contributed by atoms with van der Waals surface area (Å²) in [6, 6.07) is 4.38. The number of hydrogen-bond donors (Lipinski definition) is 0. The van der Waals surface area contributed by atoms with Crippen molar-refractivity contribution in [1.29, 1.82) is 0 Å². The zero-order valence-electron chi connectivity index (χ0n) is 10.3. The van der Waals surface area contributed by atoms with E-state index in [1.54, 1.807) is 6.07 Å². The van der Waals surface area contributed by atoms with Crippen LogP contribution in [0.15, 0.2) is 18.2 Å². The van der Waals surface area contributed by atoms with E-state index >= 15 is 0 Å². The highest BCUT2D eigenvalue weighted by molar-refractivity contribution is 5.94. The monoisotopic (exact) mass is 236 g/mol. The maximum Gasteiger partial charge on any atom is 0.339 e. The lowest BCUT2D eigenvalue weighted by Gasteiger charge is -2.28. The van der Waals surface area contributed by atoms with Gasteiger partial charge in [0.15, 0.2) is 0 Å². The largest absolute Gasteiger partial charge is 0.451 e. The molecule has 0 radical (unpaired) electrons. The van der Waals surface area contributed by atoms with Crippen LogP contribution in [0.1, 0.15) is 55.5 Å². The van der Waals surface area contributed by atoms with Crippen LogP contribution in [0.25, 0.3) is 0 Å². The lowest BCUT2D eigenvalue weighted by atomic mass is 9.84. The van der Waals surface area contributed by atoms with E-state index in [0.29, 0.717) is 5.56 Å². The minimum Gasteiger partial charge on any atom is -0.451 e. The number of benzene rings is 1. The van der Waals surface area contributed by atoms with Crippen molar-refractivity contribution in [3.63, 3.8) is 0 Å². The first kappa shape index (κ1) is 12.1. The predicted molar refractivity (Wildman–Crippen MR) is 63.3 cm³/mol. The summed E-state index contributed by atoms with van der Waals surface area (Å²) in [5.41, 5.74) is 0.725. The molecule has 1 aromatic rings. The molecule has 0 aromatic heterocycles. The number of rotatable bonds is 4. The molecule has 1 aliphatic rings. The van der Waals surface area contributed by atoms with Crippen LogP contribution in [-0.2, 0) is 10.3 Å². The third kappa shape index (κ3) is 1.94. The second-order valence-electron chi connectivity index (χ2n) is 4.57. The Kier molecular flexibility index (Phi) is 3.18. The molecule has 17 heavy (non-hydrogen) atoms. The second kappa shape index (κ2) is 4.47. The van der Waals surface area contributed by atoms with Crippen LogP contribution in [0, 0.1) is 5.82 Å². The molecule has 0 fully saturated rings. The summed E-state index contributed by atoms with van der Waals surface area (Å²) in [6.07, 6.45) is 3.46. The maximum absolute atomic E-state index is 13.2. The number of carbonyl (C=O) groups is 1. The summed E-state index contributed by atoms with van der Waals surface area (Å²) in [7, 11) is 0. The van der Waals surface area contributed by atoms with E-state index in [2.05, 4.69) is 13.8 Å². The Morgan fingerprint density at radius 2 is 1.88 bits per heavy atom. The van der Waals surface area contributed by atoms with Crippen LogP contribution in [-0.4, -0.2) is 5.97 Å². The van der Waals surface area contributed by atoms with Crippen molar-refractivity contribution in [2.45, 2.75) is 45.1 Å². The van der Waals surface area contributed by atoms with Crippen LogP contribution in [0.4, 0.5) is 4.39 Å². The molecule has 92 valence electrons. The fraction of sp³-hybridized carbons (Fsp3) is 0.500. The summed E-state index contributed by atoms with van der Waals surface area (Å²) in [5.74, 6) is -0.772. The van der Waals surface area contributed by atoms with Gasteiger partial charge >= 0.3 is 5.97 Å². The van der Waals surface area contributed by atoms with Crippen molar-refractivity contribution in [3.8, 4) is 0 Å². The maximum atomic E-state index is 13.2. The molecule has 0 unspecified atom stereocenters. The van der Waals surface area contributed by atoms with Gasteiger partial charge in [0.2, 0.25) is 0 Å². The fourth-order valence-corrected chi connectivity index (χ4v) is 2.67. The highest BCUT2D eigenvalue weighted by Gasteiger charge is 2.44. The highest BCUT2D eigenvalue weighted by atomic mass is 19.1. The van der Waals surface area contributed by atoms with Crippen molar-refractivity contribution in [3.05, 3.63) is 35.1 Å². The predicted octanol–water partition coefficient (Wildman–Crippen LogP) is 3.79. The lowest BCUT2D eigenvalue weighted by Crippen LogP contribution is -2.25. The van der Waals surface area contributed by atoms with Gasteiger partial charge in [0.05, 0.1) is 5.56 Å². The standard InChI is InChI=1S/C14H17FO2/c1-3-7-14(8-4-2)12-6-5-10(15)9-11(12)13(16)17-14/h5-6,9H,3-4,7-8H2,1-2H3. The molecular formula is C14H17FO2. The summed E-state index contributed by atoms with van der Waals surface area (Å²) < 4.78 is 18.7. The summed E-state index contributed by atoms with van der Waals surface area (Å²) >= 11 is 0. The van der Waals surface area contributed by atoms with Crippen LogP contribution in [0.5, 0.6) is 0 Å². The number of fused-ring (bicyclic) bond motifs is 1. The Morgan fingerprint density at radius 3 is 2.47 bits per heavy atom. The molecule has 0 bridgehead atoms. The molecular weight excluding hydrogens is 219 g/mol. The van der Waals surface area contributed by atoms with Crippen LogP contribution in [0.2, 0.25) is 0 Å². The number of esters is 1. The smallest absolute Gasteiger partial charge is 0.339 e. The third-order valence-corrected chi connectivity index (χ3v) is 3.29. The van der Waals surface area contributed by atoms with E-state index in [-0.39, 0.29) is 11.8 Å². The first-order chi connectivity index (χ1) is 8.13. The summed E-state index contributed by atoms with van der Waals surface area (Å²) in [4.78, 5) is 11.8.